The topological polar surface area (TPSA) is 77.1 Å². The molecule has 0 bridgehead atoms. The van der Waals surface area contributed by atoms with Gasteiger partial charge in [0, 0.05) is 17.1 Å². The zero-order valence-electron chi connectivity index (χ0n) is 18.2. The number of halogens is 1. The third-order valence-corrected chi connectivity index (χ3v) is 6.52. The second-order valence-corrected chi connectivity index (χ2v) is 8.97. The summed E-state index contributed by atoms with van der Waals surface area (Å²) in [5.74, 6) is 0.254. The molecular formula is C27H24ClN3O2. The second kappa shape index (κ2) is 8.41. The van der Waals surface area contributed by atoms with Gasteiger partial charge in [-0.2, -0.15) is 0 Å². The number of benzene rings is 3. The highest BCUT2D eigenvalue weighted by atomic mass is 35.5. The maximum atomic E-state index is 13.6. The van der Waals surface area contributed by atoms with E-state index in [4.69, 9.17) is 17.3 Å². The largest absolute Gasteiger partial charge is 0.398 e. The standard InChI is InChI=1S/C27H24ClN3O2/c1-16(30-26(32)21-14-18(17-10-11-17)12-13-23(21)29)24-15-19-6-5-9-22(28)25(19)27(33)31(24)20-7-3-2-4-8-20/h2-9,12-17H,10-11,29H2,1H3,(H,30,32)/t16-/m0/s1. The van der Waals surface area contributed by atoms with Crippen molar-refractivity contribution in [3.05, 3.63) is 105 Å². The van der Waals surface area contributed by atoms with Crippen LogP contribution in [-0.2, 0) is 0 Å². The van der Waals surface area contributed by atoms with E-state index in [2.05, 4.69) is 5.32 Å². The van der Waals surface area contributed by atoms with Crippen molar-refractivity contribution in [3.63, 3.8) is 0 Å². The van der Waals surface area contributed by atoms with Crippen molar-refractivity contribution in [1.29, 1.82) is 0 Å². The predicted molar refractivity (Wildman–Crippen MR) is 133 cm³/mol. The number of carbonyl (C=O) groups is 1. The number of carbonyl (C=O) groups excluding carboxylic acids is 1. The van der Waals surface area contributed by atoms with Crippen LogP contribution in [0.5, 0.6) is 0 Å². The Balaban J connectivity index is 1.58. The number of nitrogens with one attached hydrogen (secondary N) is 1. The minimum Gasteiger partial charge on any atom is -0.398 e. The predicted octanol–water partition coefficient (Wildman–Crippen LogP) is 5.59. The molecule has 4 aromatic rings. The van der Waals surface area contributed by atoms with Gasteiger partial charge in [0.1, 0.15) is 0 Å². The molecule has 1 fully saturated rings. The van der Waals surface area contributed by atoms with Crippen LogP contribution in [0.3, 0.4) is 0 Å². The van der Waals surface area contributed by atoms with Crippen LogP contribution in [0.1, 0.15) is 53.3 Å². The van der Waals surface area contributed by atoms with Gasteiger partial charge in [0.25, 0.3) is 11.5 Å². The summed E-state index contributed by atoms with van der Waals surface area (Å²) in [6, 6.07) is 21.9. The minimum atomic E-state index is -0.460. The van der Waals surface area contributed by atoms with Crippen molar-refractivity contribution < 1.29 is 4.79 Å². The first kappa shape index (κ1) is 21.3. The molecule has 1 aliphatic carbocycles. The van der Waals surface area contributed by atoms with Crippen molar-refractivity contribution in [1.82, 2.24) is 9.88 Å². The van der Waals surface area contributed by atoms with Gasteiger partial charge < -0.3 is 11.1 Å². The summed E-state index contributed by atoms with van der Waals surface area (Å²) in [6.45, 7) is 1.86. The van der Waals surface area contributed by atoms with Crippen LogP contribution in [0, 0.1) is 0 Å². The Bertz CT molecular complexity index is 1430. The van der Waals surface area contributed by atoms with Gasteiger partial charge in [0.2, 0.25) is 0 Å². The van der Waals surface area contributed by atoms with E-state index in [1.807, 2.05) is 67.6 Å². The van der Waals surface area contributed by atoms with Crippen LogP contribution < -0.4 is 16.6 Å². The number of aromatic nitrogens is 1. The lowest BCUT2D eigenvalue weighted by atomic mass is 10.0. The summed E-state index contributed by atoms with van der Waals surface area (Å²) >= 11 is 6.38. The Morgan fingerprint density at radius 1 is 1.06 bits per heavy atom. The molecule has 0 saturated heterocycles. The third-order valence-electron chi connectivity index (χ3n) is 6.20. The third kappa shape index (κ3) is 4.00. The molecular weight excluding hydrogens is 434 g/mol. The number of anilines is 1. The summed E-state index contributed by atoms with van der Waals surface area (Å²) < 4.78 is 1.61. The van der Waals surface area contributed by atoms with Gasteiger partial charge in [-0.1, -0.05) is 48.0 Å². The van der Waals surface area contributed by atoms with E-state index in [9.17, 15) is 9.59 Å². The van der Waals surface area contributed by atoms with Crippen LogP contribution >= 0.6 is 11.6 Å². The fourth-order valence-corrected chi connectivity index (χ4v) is 4.55. The fraction of sp³-hybridized carbons (Fsp3) is 0.185. The van der Waals surface area contributed by atoms with E-state index in [0.29, 0.717) is 39.0 Å². The van der Waals surface area contributed by atoms with Gasteiger partial charge in [-0.05, 0) is 73.0 Å². The van der Waals surface area contributed by atoms with Crippen molar-refractivity contribution in [2.75, 3.05) is 5.73 Å². The molecule has 3 N–H and O–H groups in total. The van der Waals surface area contributed by atoms with E-state index >= 15 is 0 Å². The molecule has 1 amide bonds. The Morgan fingerprint density at radius 3 is 2.55 bits per heavy atom. The number of nitrogens with zero attached hydrogens (tertiary/aromatic N) is 1. The Morgan fingerprint density at radius 2 is 1.82 bits per heavy atom. The van der Waals surface area contributed by atoms with Crippen LogP contribution in [0.4, 0.5) is 5.69 Å². The van der Waals surface area contributed by atoms with E-state index < -0.39 is 6.04 Å². The number of amides is 1. The SMILES string of the molecule is C[C@H](NC(=O)c1cc(C2CC2)ccc1N)c1cc2cccc(Cl)c2c(=O)n1-c1ccccc1. The number of rotatable bonds is 5. The molecule has 5 nitrogen and oxygen atoms in total. The molecule has 5 rings (SSSR count). The zero-order valence-corrected chi connectivity index (χ0v) is 19.0. The monoisotopic (exact) mass is 457 g/mol. The number of pyridine rings is 1. The zero-order chi connectivity index (χ0) is 23.1. The summed E-state index contributed by atoms with van der Waals surface area (Å²) in [5.41, 5.74) is 9.31. The quantitative estimate of drug-likeness (QED) is 0.383. The van der Waals surface area contributed by atoms with Gasteiger partial charge in [-0.3, -0.25) is 14.2 Å². The van der Waals surface area contributed by atoms with E-state index in [1.165, 1.54) is 0 Å². The Hall–Kier alpha value is -3.57. The first-order valence-electron chi connectivity index (χ1n) is 11.0. The van der Waals surface area contributed by atoms with Crippen molar-refractivity contribution in [3.8, 4) is 5.69 Å². The second-order valence-electron chi connectivity index (χ2n) is 8.57. The van der Waals surface area contributed by atoms with Crippen molar-refractivity contribution in [2.45, 2.75) is 31.7 Å². The Kier molecular flexibility index (Phi) is 5.43. The fourth-order valence-electron chi connectivity index (χ4n) is 4.29. The molecule has 1 saturated carbocycles. The smallest absolute Gasteiger partial charge is 0.264 e. The lowest BCUT2D eigenvalue weighted by Crippen LogP contribution is -2.32. The number of hydrogen-bond donors (Lipinski definition) is 2. The summed E-state index contributed by atoms with van der Waals surface area (Å²) in [7, 11) is 0. The lowest BCUT2D eigenvalue weighted by molar-refractivity contribution is 0.0939. The average Bonchev–Trinajstić information content (AvgIpc) is 3.65. The van der Waals surface area contributed by atoms with Gasteiger partial charge in [-0.25, -0.2) is 0 Å². The lowest BCUT2D eigenvalue weighted by Gasteiger charge is -2.21. The number of nitrogen functional groups attached to an aromatic ring is 1. The van der Waals surface area contributed by atoms with Crippen molar-refractivity contribution >= 4 is 34.0 Å². The maximum absolute atomic E-state index is 13.6. The molecule has 33 heavy (non-hydrogen) atoms. The average molecular weight is 458 g/mol. The molecule has 0 aliphatic heterocycles. The Labute approximate surface area is 196 Å². The number of hydrogen-bond acceptors (Lipinski definition) is 3. The molecule has 1 aromatic heterocycles. The van der Waals surface area contributed by atoms with Crippen LogP contribution in [-0.4, -0.2) is 10.5 Å². The minimum absolute atomic E-state index is 0.226. The van der Waals surface area contributed by atoms with E-state index in [1.54, 1.807) is 16.7 Å². The van der Waals surface area contributed by atoms with Crippen LogP contribution in [0.2, 0.25) is 5.02 Å². The summed E-state index contributed by atoms with van der Waals surface area (Å²) in [6.07, 6.45) is 2.29. The molecule has 6 heteroatoms. The number of nitrogens with two attached hydrogens (primary N) is 1. The highest BCUT2D eigenvalue weighted by molar-refractivity contribution is 6.35. The van der Waals surface area contributed by atoms with Gasteiger partial charge in [0.15, 0.2) is 0 Å². The molecule has 0 spiro atoms. The van der Waals surface area contributed by atoms with Crippen LogP contribution in [0.25, 0.3) is 16.5 Å². The van der Waals surface area contributed by atoms with Gasteiger partial charge >= 0.3 is 0 Å². The highest BCUT2D eigenvalue weighted by Crippen LogP contribution is 2.40. The molecule has 1 heterocycles. The van der Waals surface area contributed by atoms with E-state index in [-0.39, 0.29) is 11.5 Å². The molecule has 3 aromatic carbocycles. The van der Waals surface area contributed by atoms with Gasteiger partial charge in [0.05, 0.1) is 22.0 Å². The normalized spacial score (nSPS) is 14.2. The molecule has 1 aliphatic rings. The molecule has 1 atom stereocenters. The van der Waals surface area contributed by atoms with Gasteiger partial charge in [-0.15, -0.1) is 0 Å². The van der Waals surface area contributed by atoms with Crippen molar-refractivity contribution in [2.24, 2.45) is 0 Å². The molecule has 166 valence electrons. The summed E-state index contributed by atoms with van der Waals surface area (Å²) in [4.78, 5) is 26.8. The molecule has 0 radical (unpaired) electrons. The first-order valence-corrected chi connectivity index (χ1v) is 11.4. The van der Waals surface area contributed by atoms with E-state index in [0.717, 1.165) is 23.8 Å². The number of fused-ring (bicyclic) bond motifs is 1. The highest BCUT2D eigenvalue weighted by Gasteiger charge is 2.26. The maximum Gasteiger partial charge on any atom is 0.264 e. The first-order chi connectivity index (χ1) is 15.9. The summed E-state index contributed by atoms with van der Waals surface area (Å²) in [5, 5.41) is 4.62. The molecule has 0 unspecified atom stereocenters. The number of para-hydroxylation sites is 1. The van der Waals surface area contributed by atoms with Crippen LogP contribution in [0.15, 0.2) is 77.6 Å².